The number of piperazine rings is 1. The van der Waals surface area contributed by atoms with Gasteiger partial charge in [0.15, 0.2) is 0 Å². The average Bonchev–Trinajstić information content (AvgIpc) is 2.59. The van der Waals surface area contributed by atoms with Gasteiger partial charge in [-0.1, -0.05) is 25.1 Å². The first kappa shape index (κ1) is 15.5. The molecule has 22 heavy (non-hydrogen) atoms. The molecule has 4 heteroatoms. The summed E-state index contributed by atoms with van der Waals surface area (Å²) in [4.78, 5) is 19.5. The summed E-state index contributed by atoms with van der Waals surface area (Å²) in [5.74, 6) is 0.282. The summed E-state index contributed by atoms with van der Waals surface area (Å²) in [5, 5.41) is 0. The zero-order valence-corrected chi connectivity index (χ0v) is 13.6. The zero-order valence-electron chi connectivity index (χ0n) is 13.6. The molecule has 1 amide bonds. The fraction of sp³-hybridized carbons (Fsp3) is 0.611. The maximum atomic E-state index is 12.6. The lowest BCUT2D eigenvalue weighted by molar-refractivity contribution is -0.119. The number of likely N-dealkylation sites (N-methyl/N-ethyl adjacent to an activating group) is 1. The maximum absolute atomic E-state index is 12.6. The fourth-order valence-electron chi connectivity index (χ4n) is 3.51. The minimum atomic E-state index is 0.282. The van der Waals surface area contributed by atoms with Crippen LogP contribution in [0.15, 0.2) is 24.3 Å². The van der Waals surface area contributed by atoms with Gasteiger partial charge in [0.05, 0.1) is 0 Å². The lowest BCUT2D eigenvalue weighted by Crippen LogP contribution is -2.47. The highest BCUT2D eigenvalue weighted by molar-refractivity contribution is 5.94. The van der Waals surface area contributed by atoms with Gasteiger partial charge < -0.3 is 14.7 Å². The molecule has 120 valence electrons. The normalized spacial score (nSPS) is 20.0. The third kappa shape index (κ3) is 3.50. The Balaban J connectivity index is 1.53. The van der Waals surface area contributed by atoms with Crippen molar-refractivity contribution < 1.29 is 4.79 Å². The van der Waals surface area contributed by atoms with Crippen molar-refractivity contribution in [3.8, 4) is 0 Å². The quantitative estimate of drug-likeness (QED) is 0.851. The predicted molar refractivity (Wildman–Crippen MR) is 90.3 cm³/mol. The van der Waals surface area contributed by atoms with Crippen LogP contribution in [0.2, 0.25) is 0 Å². The molecule has 2 aliphatic heterocycles. The van der Waals surface area contributed by atoms with E-state index < -0.39 is 0 Å². The Bertz CT molecular complexity index is 509. The highest BCUT2D eigenvalue weighted by atomic mass is 16.2. The molecule has 0 N–H and O–H groups in total. The summed E-state index contributed by atoms with van der Waals surface area (Å²) < 4.78 is 0. The summed E-state index contributed by atoms with van der Waals surface area (Å²) in [6.07, 6.45) is 2.82. The third-order valence-corrected chi connectivity index (χ3v) is 4.97. The SMILES string of the molecule is CCN1CCN(CCC(=O)N2CCCc3ccccc32)CC1. The van der Waals surface area contributed by atoms with Crippen LogP contribution < -0.4 is 4.90 Å². The van der Waals surface area contributed by atoms with E-state index in [0.29, 0.717) is 6.42 Å². The number of para-hydroxylation sites is 1. The van der Waals surface area contributed by atoms with Gasteiger partial charge in [-0.3, -0.25) is 4.79 Å². The van der Waals surface area contributed by atoms with Crippen LogP contribution >= 0.6 is 0 Å². The van der Waals surface area contributed by atoms with Crippen LogP contribution in [-0.4, -0.2) is 61.5 Å². The largest absolute Gasteiger partial charge is 0.312 e. The van der Waals surface area contributed by atoms with Gasteiger partial charge in [-0.05, 0) is 31.0 Å². The van der Waals surface area contributed by atoms with Crippen LogP contribution in [0.3, 0.4) is 0 Å². The van der Waals surface area contributed by atoms with Gasteiger partial charge in [-0.2, -0.15) is 0 Å². The molecular formula is C18H27N3O. The number of rotatable bonds is 4. The summed E-state index contributed by atoms with van der Waals surface area (Å²) in [7, 11) is 0. The molecule has 3 rings (SSSR count). The van der Waals surface area contributed by atoms with E-state index in [2.05, 4.69) is 34.9 Å². The Labute approximate surface area is 133 Å². The lowest BCUT2D eigenvalue weighted by atomic mass is 10.0. The molecule has 1 aromatic rings. The number of benzene rings is 1. The van der Waals surface area contributed by atoms with Crippen molar-refractivity contribution >= 4 is 11.6 Å². The molecule has 4 nitrogen and oxygen atoms in total. The summed E-state index contributed by atoms with van der Waals surface area (Å²) in [6.45, 7) is 9.59. The van der Waals surface area contributed by atoms with Crippen LogP contribution in [0.5, 0.6) is 0 Å². The average molecular weight is 301 g/mol. The van der Waals surface area contributed by atoms with Crippen molar-refractivity contribution in [2.45, 2.75) is 26.2 Å². The van der Waals surface area contributed by atoms with E-state index in [-0.39, 0.29) is 5.91 Å². The van der Waals surface area contributed by atoms with E-state index in [1.807, 2.05) is 11.0 Å². The fourth-order valence-corrected chi connectivity index (χ4v) is 3.51. The first-order valence-corrected chi connectivity index (χ1v) is 8.61. The molecule has 2 aliphatic rings. The molecule has 0 aliphatic carbocycles. The highest BCUT2D eigenvalue weighted by Crippen LogP contribution is 2.27. The van der Waals surface area contributed by atoms with Crippen LogP contribution in [0.1, 0.15) is 25.3 Å². The first-order valence-electron chi connectivity index (χ1n) is 8.61. The highest BCUT2D eigenvalue weighted by Gasteiger charge is 2.23. The predicted octanol–water partition coefficient (Wildman–Crippen LogP) is 1.99. The number of anilines is 1. The van der Waals surface area contributed by atoms with Gasteiger partial charge in [0.2, 0.25) is 5.91 Å². The Morgan fingerprint density at radius 2 is 1.77 bits per heavy atom. The molecule has 0 bridgehead atoms. The van der Waals surface area contributed by atoms with Crippen molar-refractivity contribution in [1.82, 2.24) is 9.80 Å². The van der Waals surface area contributed by atoms with Crippen LogP contribution in [0.4, 0.5) is 5.69 Å². The minimum Gasteiger partial charge on any atom is -0.312 e. The molecule has 1 aromatic carbocycles. The van der Waals surface area contributed by atoms with Crippen LogP contribution in [-0.2, 0) is 11.2 Å². The summed E-state index contributed by atoms with van der Waals surface area (Å²) >= 11 is 0. The number of fused-ring (bicyclic) bond motifs is 1. The summed E-state index contributed by atoms with van der Waals surface area (Å²) in [6, 6.07) is 8.35. The number of nitrogens with zero attached hydrogens (tertiary/aromatic N) is 3. The number of carbonyl (C=O) groups excluding carboxylic acids is 1. The minimum absolute atomic E-state index is 0.282. The van der Waals surface area contributed by atoms with E-state index in [9.17, 15) is 4.79 Å². The number of amides is 1. The molecule has 0 radical (unpaired) electrons. The van der Waals surface area contributed by atoms with Crippen molar-refractivity contribution in [1.29, 1.82) is 0 Å². The molecule has 0 atom stereocenters. The molecular weight excluding hydrogens is 274 g/mol. The Morgan fingerprint density at radius 3 is 2.55 bits per heavy atom. The molecule has 0 unspecified atom stereocenters. The molecule has 0 spiro atoms. The summed E-state index contributed by atoms with van der Waals surface area (Å²) in [5.41, 5.74) is 2.45. The number of hydrogen-bond acceptors (Lipinski definition) is 3. The van der Waals surface area contributed by atoms with Gasteiger partial charge in [0.1, 0.15) is 0 Å². The van der Waals surface area contributed by atoms with E-state index in [1.165, 1.54) is 5.56 Å². The monoisotopic (exact) mass is 301 g/mol. The van der Waals surface area contributed by atoms with E-state index >= 15 is 0 Å². The smallest absolute Gasteiger partial charge is 0.228 e. The lowest BCUT2D eigenvalue weighted by Gasteiger charge is -2.35. The molecule has 2 heterocycles. The second-order valence-electron chi connectivity index (χ2n) is 6.30. The Morgan fingerprint density at radius 1 is 1.05 bits per heavy atom. The van der Waals surface area contributed by atoms with Crippen molar-refractivity contribution in [3.63, 3.8) is 0 Å². The maximum Gasteiger partial charge on any atom is 0.228 e. The van der Waals surface area contributed by atoms with Gasteiger partial charge in [0.25, 0.3) is 0 Å². The second-order valence-corrected chi connectivity index (χ2v) is 6.30. The zero-order chi connectivity index (χ0) is 15.4. The van der Waals surface area contributed by atoms with Crippen LogP contribution in [0.25, 0.3) is 0 Å². The Kier molecular flexibility index (Phi) is 5.11. The van der Waals surface area contributed by atoms with Gasteiger partial charge in [0, 0.05) is 51.4 Å². The molecule has 1 saturated heterocycles. The standard InChI is InChI=1S/C18H27N3O/c1-2-19-12-14-20(15-13-19)11-9-18(22)21-10-5-7-16-6-3-4-8-17(16)21/h3-4,6,8H,2,5,7,9-15H2,1H3. The third-order valence-electron chi connectivity index (χ3n) is 4.97. The first-order chi connectivity index (χ1) is 10.8. The van der Waals surface area contributed by atoms with E-state index in [1.54, 1.807) is 0 Å². The van der Waals surface area contributed by atoms with Crippen LogP contribution in [0, 0.1) is 0 Å². The van der Waals surface area contributed by atoms with Crippen molar-refractivity contribution in [2.75, 3.05) is 50.7 Å². The topological polar surface area (TPSA) is 26.8 Å². The Hall–Kier alpha value is -1.39. The number of aryl methyl sites for hydroxylation is 1. The van der Waals surface area contributed by atoms with Gasteiger partial charge in [-0.15, -0.1) is 0 Å². The molecule has 1 fully saturated rings. The molecule has 0 saturated carbocycles. The van der Waals surface area contributed by atoms with E-state index in [0.717, 1.165) is 64.3 Å². The van der Waals surface area contributed by atoms with Gasteiger partial charge >= 0.3 is 0 Å². The molecule has 0 aromatic heterocycles. The number of carbonyl (C=O) groups is 1. The van der Waals surface area contributed by atoms with E-state index in [4.69, 9.17) is 0 Å². The number of hydrogen-bond donors (Lipinski definition) is 0. The second kappa shape index (κ2) is 7.25. The van der Waals surface area contributed by atoms with Crippen molar-refractivity contribution in [3.05, 3.63) is 29.8 Å². The van der Waals surface area contributed by atoms with Gasteiger partial charge in [-0.25, -0.2) is 0 Å². The van der Waals surface area contributed by atoms with Crippen molar-refractivity contribution in [2.24, 2.45) is 0 Å².